The van der Waals surface area contributed by atoms with Gasteiger partial charge in [0.1, 0.15) is 5.69 Å². The van der Waals surface area contributed by atoms with Crippen LogP contribution in [0.5, 0.6) is 0 Å². The summed E-state index contributed by atoms with van der Waals surface area (Å²) in [6.07, 6.45) is 3.59. The minimum Gasteiger partial charge on any atom is -0.349 e. The van der Waals surface area contributed by atoms with Gasteiger partial charge in [0, 0.05) is 34.4 Å². The highest BCUT2D eigenvalue weighted by atomic mass is 35.5. The summed E-state index contributed by atoms with van der Waals surface area (Å²) >= 11 is 6.59. The number of nitrogens with zero attached hydrogens (tertiary/aromatic N) is 2. The van der Waals surface area contributed by atoms with Crippen LogP contribution in [0.1, 0.15) is 35.5 Å². The van der Waals surface area contributed by atoms with Crippen molar-refractivity contribution in [1.82, 2.24) is 15.3 Å². The normalized spacial score (nSPS) is 11.2. The monoisotopic (exact) mass is 429 g/mol. The molecule has 31 heavy (non-hydrogen) atoms. The summed E-state index contributed by atoms with van der Waals surface area (Å²) in [4.78, 5) is 21.7. The Labute approximate surface area is 187 Å². The minimum absolute atomic E-state index is 0.0197. The second-order valence-electron chi connectivity index (χ2n) is 7.99. The van der Waals surface area contributed by atoms with E-state index in [4.69, 9.17) is 16.6 Å². The van der Waals surface area contributed by atoms with Crippen LogP contribution in [0, 0.1) is 13.8 Å². The molecule has 0 aliphatic rings. The zero-order chi connectivity index (χ0) is 22.1. The number of benzene rings is 2. The number of nitrogens with one attached hydrogen (secondary N) is 1. The lowest BCUT2D eigenvalue weighted by Gasteiger charge is -2.18. The molecule has 2 heterocycles. The summed E-state index contributed by atoms with van der Waals surface area (Å²) in [6.45, 7) is 8.04. The first-order valence-electron chi connectivity index (χ1n) is 10.3. The van der Waals surface area contributed by atoms with Crippen molar-refractivity contribution in [2.24, 2.45) is 0 Å². The van der Waals surface area contributed by atoms with E-state index < -0.39 is 0 Å². The molecule has 5 heteroatoms. The van der Waals surface area contributed by atoms with Crippen molar-refractivity contribution in [2.45, 2.75) is 33.7 Å². The van der Waals surface area contributed by atoms with E-state index in [1.54, 1.807) is 12.4 Å². The maximum Gasteiger partial charge on any atom is 0.270 e. The van der Waals surface area contributed by atoms with Gasteiger partial charge in [0.2, 0.25) is 0 Å². The number of rotatable bonds is 4. The largest absolute Gasteiger partial charge is 0.349 e. The standard InChI is InChI=1S/C26H24ClN3O/c1-15(2)29-26(31)23-14-20(19-7-5-6-8-21(19)27)25-17(4)24(16(3)13-22(25)30-23)18-9-11-28-12-10-18/h5-15H,1-4H3,(H,29,31). The van der Waals surface area contributed by atoms with Gasteiger partial charge in [-0.25, -0.2) is 4.98 Å². The molecule has 0 spiro atoms. The van der Waals surface area contributed by atoms with Gasteiger partial charge in [0.25, 0.3) is 5.91 Å². The number of hydrogen-bond donors (Lipinski definition) is 1. The van der Waals surface area contributed by atoms with Crippen LogP contribution < -0.4 is 5.32 Å². The van der Waals surface area contributed by atoms with Crippen LogP contribution >= 0.6 is 11.6 Å². The van der Waals surface area contributed by atoms with Gasteiger partial charge in [-0.15, -0.1) is 0 Å². The van der Waals surface area contributed by atoms with Crippen LogP contribution in [-0.4, -0.2) is 21.9 Å². The molecule has 1 N–H and O–H groups in total. The SMILES string of the molecule is Cc1cc2nc(C(=O)NC(C)C)cc(-c3ccccc3Cl)c2c(C)c1-c1ccncc1. The zero-order valence-corrected chi connectivity index (χ0v) is 18.8. The Hall–Kier alpha value is -3.24. The van der Waals surface area contributed by atoms with Crippen molar-refractivity contribution in [1.29, 1.82) is 0 Å². The number of halogens is 1. The first-order valence-corrected chi connectivity index (χ1v) is 10.7. The second kappa shape index (κ2) is 8.48. The molecule has 4 nitrogen and oxygen atoms in total. The van der Waals surface area contributed by atoms with E-state index in [-0.39, 0.29) is 11.9 Å². The first-order chi connectivity index (χ1) is 14.9. The summed E-state index contributed by atoms with van der Waals surface area (Å²) in [6, 6.07) is 15.6. The number of aromatic nitrogens is 2. The topological polar surface area (TPSA) is 54.9 Å². The summed E-state index contributed by atoms with van der Waals surface area (Å²) < 4.78 is 0. The fourth-order valence-electron chi connectivity index (χ4n) is 4.07. The summed E-state index contributed by atoms with van der Waals surface area (Å²) in [5.74, 6) is -0.196. The average molecular weight is 430 g/mol. The predicted molar refractivity (Wildman–Crippen MR) is 127 cm³/mol. The molecule has 2 aromatic heterocycles. The Bertz CT molecular complexity index is 1280. The van der Waals surface area contributed by atoms with Gasteiger partial charge in [-0.1, -0.05) is 29.8 Å². The summed E-state index contributed by atoms with van der Waals surface area (Å²) in [7, 11) is 0. The number of aryl methyl sites for hydroxylation is 2. The van der Waals surface area contributed by atoms with E-state index in [2.05, 4.69) is 24.1 Å². The summed E-state index contributed by atoms with van der Waals surface area (Å²) in [5.41, 5.74) is 7.36. The van der Waals surface area contributed by atoms with E-state index in [9.17, 15) is 4.79 Å². The highest BCUT2D eigenvalue weighted by molar-refractivity contribution is 6.33. The lowest BCUT2D eigenvalue weighted by molar-refractivity contribution is 0.0938. The maximum atomic E-state index is 12.8. The van der Waals surface area contributed by atoms with Crippen molar-refractivity contribution >= 4 is 28.4 Å². The third kappa shape index (κ3) is 4.04. The van der Waals surface area contributed by atoms with Crippen LogP contribution in [-0.2, 0) is 0 Å². The van der Waals surface area contributed by atoms with Gasteiger partial charge in [-0.2, -0.15) is 0 Å². The zero-order valence-electron chi connectivity index (χ0n) is 18.0. The van der Waals surface area contributed by atoms with E-state index >= 15 is 0 Å². The van der Waals surface area contributed by atoms with Gasteiger partial charge >= 0.3 is 0 Å². The van der Waals surface area contributed by atoms with Crippen LogP contribution in [0.3, 0.4) is 0 Å². The number of carbonyl (C=O) groups excluding carboxylic acids is 1. The van der Waals surface area contributed by atoms with Crippen molar-refractivity contribution in [3.63, 3.8) is 0 Å². The lowest BCUT2D eigenvalue weighted by atomic mass is 9.89. The number of carbonyl (C=O) groups is 1. The molecular formula is C26H24ClN3O. The fourth-order valence-corrected chi connectivity index (χ4v) is 4.31. The van der Waals surface area contributed by atoms with Crippen molar-refractivity contribution in [3.8, 4) is 22.3 Å². The second-order valence-corrected chi connectivity index (χ2v) is 8.39. The Morgan fingerprint density at radius 1 is 1.00 bits per heavy atom. The maximum absolute atomic E-state index is 12.8. The van der Waals surface area contributed by atoms with E-state index in [1.807, 2.05) is 62.4 Å². The molecule has 0 bridgehead atoms. The fraction of sp³-hybridized carbons (Fsp3) is 0.192. The third-order valence-corrected chi connectivity index (χ3v) is 5.66. The smallest absolute Gasteiger partial charge is 0.270 e. The molecule has 0 fully saturated rings. The van der Waals surface area contributed by atoms with Crippen LogP contribution in [0.15, 0.2) is 60.9 Å². The Morgan fingerprint density at radius 3 is 2.39 bits per heavy atom. The molecular weight excluding hydrogens is 406 g/mol. The lowest BCUT2D eigenvalue weighted by Crippen LogP contribution is -2.30. The molecule has 4 aromatic rings. The van der Waals surface area contributed by atoms with E-state index in [0.717, 1.165) is 44.3 Å². The minimum atomic E-state index is -0.196. The van der Waals surface area contributed by atoms with Crippen LogP contribution in [0.2, 0.25) is 5.02 Å². The first kappa shape index (κ1) is 21.0. The van der Waals surface area contributed by atoms with Gasteiger partial charge in [0.05, 0.1) is 5.52 Å². The quantitative estimate of drug-likeness (QED) is 0.410. The van der Waals surface area contributed by atoms with E-state index in [1.165, 1.54) is 0 Å². The third-order valence-electron chi connectivity index (χ3n) is 5.33. The van der Waals surface area contributed by atoms with Crippen LogP contribution in [0.25, 0.3) is 33.2 Å². The Morgan fingerprint density at radius 2 is 1.71 bits per heavy atom. The molecule has 0 radical (unpaired) electrons. The highest BCUT2D eigenvalue weighted by Gasteiger charge is 2.19. The molecule has 156 valence electrons. The molecule has 0 aliphatic carbocycles. The molecule has 0 saturated carbocycles. The summed E-state index contributed by atoms with van der Waals surface area (Å²) in [5, 5.41) is 4.57. The van der Waals surface area contributed by atoms with Crippen molar-refractivity contribution in [3.05, 3.63) is 82.8 Å². The highest BCUT2D eigenvalue weighted by Crippen LogP contribution is 2.39. The van der Waals surface area contributed by atoms with Crippen LogP contribution in [0.4, 0.5) is 0 Å². The molecule has 2 aromatic carbocycles. The van der Waals surface area contributed by atoms with Gasteiger partial charge in [-0.05, 0) is 85.8 Å². The molecule has 0 saturated heterocycles. The average Bonchev–Trinajstić information content (AvgIpc) is 2.73. The van der Waals surface area contributed by atoms with Gasteiger partial charge < -0.3 is 5.32 Å². The molecule has 1 amide bonds. The van der Waals surface area contributed by atoms with Crippen molar-refractivity contribution in [2.75, 3.05) is 0 Å². The molecule has 0 unspecified atom stereocenters. The van der Waals surface area contributed by atoms with Crippen molar-refractivity contribution < 1.29 is 4.79 Å². The number of fused-ring (bicyclic) bond motifs is 1. The molecule has 0 atom stereocenters. The number of pyridine rings is 2. The predicted octanol–water partition coefficient (Wildman–Crippen LogP) is 6.37. The Kier molecular flexibility index (Phi) is 5.75. The number of amides is 1. The Balaban J connectivity index is 2.07. The molecule has 4 rings (SSSR count). The van der Waals surface area contributed by atoms with Gasteiger partial charge in [0.15, 0.2) is 0 Å². The number of hydrogen-bond acceptors (Lipinski definition) is 3. The van der Waals surface area contributed by atoms with E-state index in [0.29, 0.717) is 10.7 Å². The van der Waals surface area contributed by atoms with Gasteiger partial charge in [-0.3, -0.25) is 9.78 Å². The molecule has 0 aliphatic heterocycles.